The number of hydrogen-bond acceptors (Lipinski definition) is 5. The minimum atomic E-state index is -0.527. The number of carbonyl (C=O) groups excluding carboxylic acids is 2. The van der Waals surface area contributed by atoms with E-state index in [1.54, 1.807) is 4.90 Å². The van der Waals surface area contributed by atoms with E-state index in [-0.39, 0.29) is 25.7 Å². The average Bonchev–Trinajstić information content (AvgIpc) is 2.21. The molecule has 0 aromatic heterocycles. The monoisotopic (exact) mass is 193 g/mol. The maximum Gasteiger partial charge on any atom is 0.209 e. The fraction of sp³-hybridized carbons (Fsp3) is 0.556. The lowest BCUT2D eigenvalue weighted by molar-refractivity contribution is -0.130. The van der Waals surface area contributed by atoms with Gasteiger partial charge < -0.3 is 0 Å². The number of nitrogens with zero attached hydrogens (tertiary/aromatic N) is 3. The maximum atomic E-state index is 10.8. The van der Waals surface area contributed by atoms with E-state index < -0.39 is 5.78 Å². The van der Waals surface area contributed by atoms with Gasteiger partial charge in [-0.05, 0) is 0 Å². The lowest BCUT2D eigenvalue weighted by Crippen LogP contribution is -2.32. The first-order chi connectivity index (χ1) is 6.74. The molecule has 0 aliphatic carbocycles. The molecule has 0 radical (unpaired) electrons. The SMILES string of the molecule is N#CCCN(CCC#N)CC(=O)C=O. The van der Waals surface area contributed by atoms with Gasteiger partial charge in [0, 0.05) is 25.9 Å². The number of carbonyl (C=O) groups is 2. The number of nitriles is 2. The summed E-state index contributed by atoms with van der Waals surface area (Å²) in [5.41, 5.74) is 0. The summed E-state index contributed by atoms with van der Waals surface area (Å²) >= 11 is 0. The minimum Gasteiger partial charge on any atom is -0.295 e. The van der Waals surface area contributed by atoms with Gasteiger partial charge in [0.2, 0.25) is 5.78 Å². The number of Topliss-reactive ketones (excluding diaryl/α,β-unsaturated/α-hetero) is 1. The molecule has 0 N–H and O–H groups in total. The molecule has 5 nitrogen and oxygen atoms in total. The predicted molar refractivity (Wildman–Crippen MR) is 48.0 cm³/mol. The van der Waals surface area contributed by atoms with Gasteiger partial charge >= 0.3 is 0 Å². The van der Waals surface area contributed by atoms with Gasteiger partial charge in [-0.25, -0.2) is 0 Å². The van der Waals surface area contributed by atoms with Crippen molar-refractivity contribution >= 4 is 12.1 Å². The molecule has 74 valence electrons. The van der Waals surface area contributed by atoms with Gasteiger partial charge in [-0.15, -0.1) is 0 Å². The van der Waals surface area contributed by atoms with Gasteiger partial charge in [0.1, 0.15) is 0 Å². The van der Waals surface area contributed by atoms with Crippen LogP contribution in [-0.4, -0.2) is 36.6 Å². The first-order valence-corrected chi connectivity index (χ1v) is 4.19. The van der Waals surface area contributed by atoms with Crippen molar-refractivity contribution < 1.29 is 9.59 Å². The van der Waals surface area contributed by atoms with Crippen LogP contribution in [-0.2, 0) is 9.59 Å². The molecular weight excluding hydrogens is 182 g/mol. The Morgan fingerprint density at radius 3 is 2.07 bits per heavy atom. The lowest BCUT2D eigenvalue weighted by atomic mass is 10.3. The predicted octanol–water partition coefficient (Wildman–Crippen LogP) is -0.116. The van der Waals surface area contributed by atoms with Crippen molar-refractivity contribution in [1.82, 2.24) is 4.90 Å². The van der Waals surface area contributed by atoms with Crippen LogP contribution < -0.4 is 0 Å². The molecule has 0 saturated carbocycles. The molecule has 0 atom stereocenters. The molecular formula is C9H11N3O2. The Kier molecular flexibility index (Phi) is 6.93. The van der Waals surface area contributed by atoms with E-state index in [0.29, 0.717) is 13.1 Å². The molecule has 0 heterocycles. The number of rotatable bonds is 7. The van der Waals surface area contributed by atoms with Crippen molar-refractivity contribution in [2.75, 3.05) is 19.6 Å². The summed E-state index contributed by atoms with van der Waals surface area (Å²) in [5.74, 6) is -0.527. The summed E-state index contributed by atoms with van der Waals surface area (Å²) in [5, 5.41) is 16.7. The number of hydrogen-bond donors (Lipinski definition) is 0. The summed E-state index contributed by atoms with van der Waals surface area (Å²) in [7, 11) is 0. The van der Waals surface area contributed by atoms with E-state index in [1.807, 2.05) is 12.1 Å². The van der Waals surface area contributed by atoms with Crippen LogP contribution in [0.15, 0.2) is 0 Å². The van der Waals surface area contributed by atoms with Gasteiger partial charge in [0.15, 0.2) is 6.29 Å². The third-order valence-corrected chi connectivity index (χ3v) is 1.59. The standard InChI is InChI=1S/C9H11N3O2/c10-3-1-5-12(6-2-4-11)7-9(14)8-13/h8H,1-2,5-7H2. The zero-order valence-corrected chi connectivity index (χ0v) is 7.77. The molecule has 0 bridgehead atoms. The molecule has 0 amide bonds. The molecule has 0 aliphatic heterocycles. The highest BCUT2D eigenvalue weighted by Crippen LogP contribution is 1.93. The van der Waals surface area contributed by atoms with E-state index in [9.17, 15) is 9.59 Å². The minimum absolute atomic E-state index is 0.00708. The molecule has 0 spiro atoms. The zero-order chi connectivity index (χ0) is 10.8. The molecule has 0 rings (SSSR count). The van der Waals surface area contributed by atoms with E-state index in [2.05, 4.69) is 0 Å². The lowest BCUT2D eigenvalue weighted by Gasteiger charge is -2.16. The van der Waals surface area contributed by atoms with Crippen LogP contribution >= 0.6 is 0 Å². The van der Waals surface area contributed by atoms with Gasteiger partial charge in [0.05, 0.1) is 18.7 Å². The first kappa shape index (κ1) is 12.3. The van der Waals surface area contributed by atoms with Crippen LogP contribution in [0.4, 0.5) is 0 Å². The van der Waals surface area contributed by atoms with Crippen molar-refractivity contribution in [3.8, 4) is 12.1 Å². The van der Waals surface area contributed by atoms with Gasteiger partial charge in [-0.3, -0.25) is 14.5 Å². The number of aldehydes is 1. The Bertz CT molecular complexity index is 257. The summed E-state index contributed by atoms with van der Waals surface area (Å²) in [6.45, 7) is 0.822. The van der Waals surface area contributed by atoms with Crippen LogP contribution in [0.25, 0.3) is 0 Å². The second-order valence-corrected chi connectivity index (χ2v) is 2.68. The molecule has 0 aromatic rings. The second-order valence-electron chi connectivity index (χ2n) is 2.68. The van der Waals surface area contributed by atoms with Gasteiger partial charge in [-0.1, -0.05) is 0 Å². The Hall–Kier alpha value is -1.72. The Morgan fingerprint density at radius 2 is 1.71 bits per heavy atom. The number of ketones is 1. The van der Waals surface area contributed by atoms with Crippen molar-refractivity contribution in [1.29, 1.82) is 10.5 Å². The average molecular weight is 193 g/mol. The summed E-state index contributed by atoms with van der Waals surface area (Å²) in [4.78, 5) is 22.5. The second kappa shape index (κ2) is 7.90. The zero-order valence-electron chi connectivity index (χ0n) is 7.77. The van der Waals surface area contributed by atoms with Crippen LogP contribution in [0, 0.1) is 22.7 Å². The van der Waals surface area contributed by atoms with E-state index in [4.69, 9.17) is 10.5 Å². The molecule has 5 heteroatoms. The highest BCUT2D eigenvalue weighted by Gasteiger charge is 2.08. The first-order valence-electron chi connectivity index (χ1n) is 4.19. The van der Waals surface area contributed by atoms with Gasteiger partial charge in [-0.2, -0.15) is 10.5 Å². The quantitative estimate of drug-likeness (QED) is 0.415. The van der Waals surface area contributed by atoms with E-state index in [1.165, 1.54) is 0 Å². The topological polar surface area (TPSA) is 85.0 Å². The van der Waals surface area contributed by atoms with Crippen LogP contribution in [0.2, 0.25) is 0 Å². The fourth-order valence-electron chi connectivity index (χ4n) is 0.944. The smallest absolute Gasteiger partial charge is 0.209 e. The van der Waals surface area contributed by atoms with Crippen molar-refractivity contribution in [2.24, 2.45) is 0 Å². The van der Waals surface area contributed by atoms with Crippen LogP contribution in [0.3, 0.4) is 0 Å². The molecule has 0 aromatic carbocycles. The Labute approximate surface area is 82.5 Å². The molecule has 0 fully saturated rings. The highest BCUT2D eigenvalue weighted by molar-refractivity contribution is 6.25. The van der Waals surface area contributed by atoms with Crippen molar-refractivity contribution in [3.63, 3.8) is 0 Å². The third-order valence-electron chi connectivity index (χ3n) is 1.59. The van der Waals surface area contributed by atoms with Crippen molar-refractivity contribution in [2.45, 2.75) is 12.8 Å². The summed E-state index contributed by atoms with van der Waals surface area (Å²) < 4.78 is 0. The normalized spacial score (nSPS) is 9.07. The van der Waals surface area contributed by atoms with Gasteiger partial charge in [0.25, 0.3) is 0 Å². The molecule has 0 aliphatic rings. The molecule has 14 heavy (non-hydrogen) atoms. The van der Waals surface area contributed by atoms with Crippen LogP contribution in [0.1, 0.15) is 12.8 Å². The molecule has 0 unspecified atom stereocenters. The van der Waals surface area contributed by atoms with Crippen molar-refractivity contribution in [3.05, 3.63) is 0 Å². The highest BCUT2D eigenvalue weighted by atomic mass is 16.2. The fourth-order valence-corrected chi connectivity index (χ4v) is 0.944. The van der Waals surface area contributed by atoms with E-state index >= 15 is 0 Å². The Morgan fingerprint density at radius 1 is 1.21 bits per heavy atom. The summed E-state index contributed by atoms with van der Waals surface area (Å²) in [6.07, 6.45) is 0.834. The maximum absolute atomic E-state index is 10.8. The van der Waals surface area contributed by atoms with Crippen LogP contribution in [0.5, 0.6) is 0 Å². The Balaban J connectivity index is 3.98. The summed E-state index contributed by atoms with van der Waals surface area (Å²) in [6, 6.07) is 3.88. The molecule has 0 saturated heterocycles. The largest absolute Gasteiger partial charge is 0.295 e. The van der Waals surface area contributed by atoms with E-state index in [0.717, 1.165) is 0 Å². The third kappa shape index (κ3) is 5.87.